The molecule has 2 atom stereocenters. The smallest absolute Gasteiger partial charge is 0.241 e. The van der Waals surface area contributed by atoms with Crippen LogP contribution in [0.5, 0.6) is 0 Å². The Kier molecular flexibility index (Phi) is 3.83. The standard InChI is InChI=1S/C7H12F4/c1-3-5(8)7(10,11)6(9)4-2/h5-6H,3-4H2,1-2H3/t5-,6?/m0/s1. The van der Waals surface area contributed by atoms with Crippen molar-refractivity contribution in [2.45, 2.75) is 45.0 Å². The Hall–Kier alpha value is -0.280. The molecule has 11 heavy (non-hydrogen) atoms. The second kappa shape index (κ2) is 3.93. The van der Waals surface area contributed by atoms with E-state index in [0.29, 0.717) is 0 Å². The van der Waals surface area contributed by atoms with Gasteiger partial charge in [-0.25, -0.2) is 17.6 Å². The van der Waals surface area contributed by atoms with Crippen molar-refractivity contribution in [1.82, 2.24) is 0 Å². The van der Waals surface area contributed by atoms with Crippen molar-refractivity contribution in [1.29, 1.82) is 0 Å². The van der Waals surface area contributed by atoms with Crippen LogP contribution in [0.4, 0.5) is 17.6 Å². The van der Waals surface area contributed by atoms with Crippen molar-refractivity contribution in [3.05, 3.63) is 0 Å². The Bertz CT molecular complexity index is 101. The normalized spacial score (nSPS) is 18.0. The Labute approximate surface area is 63.6 Å². The Balaban J connectivity index is 4.18. The summed E-state index contributed by atoms with van der Waals surface area (Å²) >= 11 is 0. The van der Waals surface area contributed by atoms with Gasteiger partial charge in [0.2, 0.25) is 0 Å². The van der Waals surface area contributed by atoms with Gasteiger partial charge in [-0.2, -0.15) is 0 Å². The molecule has 0 saturated carbocycles. The van der Waals surface area contributed by atoms with Gasteiger partial charge in [-0.3, -0.25) is 0 Å². The highest BCUT2D eigenvalue weighted by molar-refractivity contribution is 4.82. The summed E-state index contributed by atoms with van der Waals surface area (Å²) < 4.78 is 49.6. The van der Waals surface area contributed by atoms with E-state index < -0.39 is 18.3 Å². The van der Waals surface area contributed by atoms with Gasteiger partial charge in [0.1, 0.15) is 0 Å². The van der Waals surface area contributed by atoms with Gasteiger partial charge in [0, 0.05) is 0 Å². The molecule has 68 valence electrons. The van der Waals surface area contributed by atoms with Crippen LogP contribution in [-0.4, -0.2) is 18.3 Å². The van der Waals surface area contributed by atoms with Gasteiger partial charge in [-0.15, -0.1) is 0 Å². The maximum atomic E-state index is 12.5. The summed E-state index contributed by atoms with van der Waals surface area (Å²) in [7, 11) is 0. The third-order valence-corrected chi connectivity index (χ3v) is 1.55. The van der Waals surface area contributed by atoms with Crippen molar-refractivity contribution in [3.8, 4) is 0 Å². The van der Waals surface area contributed by atoms with Gasteiger partial charge < -0.3 is 0 Å². The molecule has 0 fully saturated rings. The van der Waals surface area contributed by atoms with Crippen molar-refractivity contribution >= 4 is 0 Å². The lowest BCUT2D eigenvalue weighted by Crippen LogP contribution is -2.39. The third kappa shape index (κ3) is 2.34. The molecular formula is C7H12F4. The third-order valence-electron chi connectivity index (χ3n) is 1.55. The molecule has 0 amide bonds. The second-order valence-corrected chi connectivity index (χ2v) is 2.43. The summed E-state index contributed by atoms with van der Waals surface area (Å²) in [5, 5.41) is 0. The molecule has 0 N–H and O–H groups in total. The molecule has 0 aliphatic rings. The molecule has 0 aliphatic heterocycles. The minimum Gasteiger partial charge on any atom is -0.241 e. The summed E-state index contributed by atoms with van der Waals surface area (Å²) in [6.45, 7) is 2.53. The summed E-state index contributed by atoms with van der Waals surface area (Å²) in [5.41, 5.74) is 0. The van der Waals surface area contributed by atoms with E-state index in [2.05, 4.69) is 0 Å². The highest BCUT2D eigenvalue weighted by Crippen LogP contribution is 2.31. The molecule has 0 aromatic carbocycles. The minimum atomic E-state index is -3.82. The molecule has 0 saturated heterocycles. The summed E-state index contributed by atoms with van der Waals surface area (Å²) in [6.07, 6.45) is -5.43. The molecule has 0 bridgehead atoms. The Morgan fingerprint density at radius 2 is 1.27 bits per heavy atom. The van der Waals surface area contributed by atoms with E-state index in [9.17, 15) is 17.6 Å². The predicted octanol–water partition coefficient (Wildman–Crippen LogP) is 3.12. The fourth-order valence-corrected chi connectivity index (χ4v) is 0.741. The van der Waals surface area contributed by atoms with Gasteiger partial charge in [-0.05, 0) is 12.8 Å². The summed E-state index contributed by atoms with van der Waals surface area (Å²) in [4.78, 5) is 0. The largest absolute Gasteiger partial charge is 0.309 e. The zero-order valence-electron chi connectivity index (χ0n) is 6.58. The van der Waals surface area contributed by atoms with E-state index in [1.807, 2.05) is 0 Å². The first-order valence-electron chi connectivity index (χ1n) is 3.62. The zero-order valence-corrected chi connectivity index (χ0v) is 6.58. The van der Waals surface area contributed by atoms with Crippen LogP contribution in [-0.2, 0) is 0 Å². The van der Waals surface area contributed by atoms with Crippen molar-refractivity contribution in [3.63, 3.8) is 0 Å². The number of alkyl halides is 4. The van der Waals surface area contributed by atoms with Gasteiger partial charge in [0.15, 0.2) is 12.3 Å². The lowest BCUT2D eigenvalue weighted by molar-refractivity contribution is -0.128. The molecule has 0 aromatic heterocycles. The lowest BCUT2D eigenvalue weighted by Gasteiger charge is -2.22. The quantitative estimate of drug-likeness (QED) is 0.571. The topological polar surface area (TPSA) is 0 Å². The van der Waals surface area contributed by atoms with E-state index in [0.717, 1.165) is 0 Å². The zero-order chi connectivity index (χ0) is 9.07. The Morgan fingerprint density at radius 1 is 1.00 bits per heavy atom. The van der Waals surface area contributed by atoms with Crippen molar-refractivity contribution in [2.75, 3.05) is 0 Å². The molecule has 0 heterocycles. The number of halogens is 4. The van der Waals surface area contributed by atoms with E-state index in [1.165, 1.54) is 13.8 Å². The first-order valence-corrected chi connectivity index (χ1v) is 3.62. The summed E-state index contributed by atoms with van der Waals surface area (Å²) in [5.74, 6) is -3.82. The lowest BCUT2D eigenvalue weighted by atomic mass is 10.1. The number of hydrogen-bond donors (Lipinski definition) is 0. The van der Waals surface area contributed by atoms with Crippen LogP contribution in [0.25, 0.3) is 0 Å². The van der Waals surface area contributed by atoms with Crippen LogP contribution >= 0.6 is 0 Å². The summed E-state index contributed by atoms with van der Waals surface area (Å²) in [6, 6.07) is 0. The van der Waals surface area contributed by atoms with E-state index in [1.54, 1.807) is 0 Å². The van der Waals surface area contributed by atoms with Crippen molar-refractivity contribution in [2.24, 2.45) is 0 Å². The SMILES string of the molecule is CCC(F)C(F)(F)[C@@H](F)CC. The van der Waals surface area contributed by atoms with Gasteiger partial charge >= 0.3 is 5.92 Å². The molecule has 0 nitrogen and oxygen atoms in total. The second-order valence-electron chi connectivity index (χ2n) is 2.43. The number of hydrogen-bond acceptors (Lipinski definition) is 0. The molecule has 1 unspecified atom stereocenters. The first-order chi connectivity index (χ1) is 4.96. The van der Waals surface area contributed by atoms with Crippen LogP contribution in [0.2, 0.25) is 0 Å². The first kappa shape index (κ1) is 10.7. The molecule has 0 aromatic rings. The monoisotopic (exact) mass is 172 g/mol. The van der Waals surface area contributed by atoms with Crippen LogP contribution < -0.4 is 0 Å². The van der Waals surface area contributed by atoms with Crippen LogP contribution in [0, 0.1) is 0 Å². The average molecular weight is 172 g/mol. The average Bonchev–Trinajstić information content (AvgIpc) is 2.01. The van der Waals surface area contributed by atoms with E-state index >= 15 is 0 Å². The van der Waals surface area contributed by atoms with Crippen molar-refractivity contribution < 1.29 is 17.6 Å². The molecular weight excluding hydrogens is 160 g/mol. The predicted molar refractivity (Wildman–Crippen MR) is 35.3 cm³/mol. The van der Waals surface area contributed by atoms with Crippen LogP contribution in [0.3, 0.4) is 0 Å². The van der Waals surface area contributed by atoms with Gasteiger partial charge in [0.25, 0.3) is 0 Å². The van der Waals surface area contributed by atoms with Gasteiger partial charge in [-0.1, -0.05) is 13.8 Å². The van der Waals surface area contributed by atoms with Crippen LogP contribution in [0.1, 0.15) is 26.7 Å². The number of rotatable bonds is 4. The minimum absolute atomic E-state index is 0.354. The van der Waals surface area contributed by atoms with E-state index in [4.69, 9.17) is 0 Å². The Morgan fingerprint density at radius 3 is 1.45 bits per heavy atom. The molecule has 0 spiro atoms. The fraction of sp³-hybridized carbons (Fsp3) is 1.00. The maximum absolute atomic E-state index is 12.5. The highest BCUT2D eigenvalue weighted by atomic mass is 19.3. The van der Waals surface area contributed by atoms with Crippen LogP contribution in [0.15, 0.2) is 0 Å². The molecule has 0 radical (unpaired) electrons. The highest BCUT2D eigenvalue weighted by Gasteiger charge is 2.46. The van der Waals surface area contributed by atoms with E-state index in [-0.39, 0.29) is 12.8 Å². The fourth-order valence-electron chi connectivity index (χ4n) is 0.741. The maximum Gasteiger partial charge on any atom is 0.309 e. The molecule has 0 rings (SSSR count). The molecule has 0 aliphatic carbocycles. The van der Waals surface area contributed by atoms with Gasteiger partial charge in [0.05, 0.1) is 0 Å². The molecule has 4 heteroatoms.